The molecule has 0 saturated heterocycles. The van der Waals surface area contributed by atoms with Gasteiger partial charge in [-0.3, -0.25) is 0 Å². The van der Waals surface area contributed by atoms with Crippen LogP contribution >= 0.6 is 0 Å². The van der Waals surface area contributed by atoms with Gasteiger partial charge in [-0.15, -0.1) is 0 Å². The van der Waals surface area contributed by atoms with Crippen molar-refractivity contribution in [3.05, 3.63) is 52.6 Å². The zero-order valence-corrected chi connectivity index (χ0v) is 13.3. The van der Waals surface area contributed by atoms with E-state index in [1.807, 2.05) is 13.8 Å². The minimum absolute atomic E-state index is 0.130. The Morgan fingerprint density at radius 1 is 1.05 bits per heavy atom. The molecule has 0 fully saturated rings. The first-order valence-electron chi connectivity index (χ1n) is 7.91. The minimum atomic E-state index is 0.130. The van der Waals surface area contributed by atoms with Gasteiger partial charge in [0.1, 0.15) is 17.2 Å². The maximum atomic E-state index is 10.1. The van der Waals surface area contributed by atoms with Crippen molar-refractivity contribution >= 4 is 0 Å². The maximum absolute atomic E-state index is 10.1. The number of phenolic OH excluding ortho intramolecular Hbond substituents is 2. The molecule has 2 aromatic rings. The molecule has 116 valence electrons. The van der Waals surface area contributed by atoms with Crippen molar-refractivity contribution < 1.29 is 14.9 Å². The molecule has 0 bridgehead atoms. The average Bonchev–Trinajstić information content (AvgIpc) is 2.87. The van der Waals surface area contributed by atoms with Gasteiger partial charge in [-0.1, -0.05) is 26.0 Å². The zero-order chi connectivity index (χ0) is 15.9. The third-order valence-corrected chi connectivity index (χ3v) is 4.51. The molecule has 0 unspecified atom stereocenters. The second-order valence-corrected chi connectivity index (χ2v) is 5.81. The zero-order valence-electron chi connectivity index (χ0n) is 13.3. The Bertz CT molecular complexity index is 706. The van der Waals surface area contributed by atoms with Crippen LogP contribution in [0.25, 0.3) is 0 Å². The van der Waals surface area contributed by atoms with Crippen molar-refractivity contribution in [2.75, 3.05) is 6.61 Å². The first-order chi connectivity index (χ1) is 10.6. The number of benzene rings is 2. The molecule has 2 N–H and O–H groups in total. The summed E-state index contributed by atoms with van der Waals surface area (Å²) in [5, 5.41) is 19.8. The minimum Gasteiger partial charge on any atom is -0.508 e. The number of aryl methyl sites for hydroxylation is 1. The highest BCUT2D eigenvalue weighted by Crippen LogP contribution is 2.53. The first-order valence-corrected chi connectivity index (χ1v) is 7.91. The van der Waals surface area contributed by atoms with Gasteiger partial charge in [0.25, 0.3) is 0 Å². The Balaban J connectivity index is 0.000000693. The summed E-state index contributed by atoms with van der Waals surface area (Å²) in [6.45, 7) is 6.65. The molecule has 2 aliphatic rings. The molecule has 2 atom stereocenters. The molecular formula is C19H22O3. The summed E-state index contributed by atoms with van der Waals surface area (Å²) in [6.07, 6.45) is 0.849. The van der Waals surface area contributed by atoms with Gasteiger partial charge in [0.05, 0.1) is 6.61 Å². The van der Waals surface area contributed by atoms with Crippen LogP contribution in [0.4, 0.5) is 0 Å². The van der Waals surface area contributed by atoms with Crippen LogP contribution in [-0.2, 0) is 6.42 Å². The van der Waals surface area contributed by atoms with Crippen molar-refractivity contribution in [3.8, 4) is 17.2 Å². The van der Waals surface area contributed by atoms with Gasteiger partial charge < -0.3 is 14.9 Å². The quantitative estimate of drug-likeness (QED) is 0.764. The van der Waals surface area contributed by atoms with Crippen LogP contribution in [0.15, 0.2) is 30.3 Å². The van der Waals surface area contributed by atoms with Crippen LogP contribution in [0.2, 0.25) is 0 Å². The van der Waals surface area contributed by atoms with E-state index in [2.05, 4.69) is 25.1 Å². The van der Waals surface area contributed by atoms with Crippen LogP contribution in [0.3, 0.4) is 0 Å². The lowest BCUT2D eigenvalue weighted by Gasteiger charge is -2.29. The van der Waals surface area contributed by atoms with E-state index in [1.165, 1.54) is 17.2 Å². The van der Waals surface area contributed by atoms with Gasteiger partial charge in [-0.05, 0) is 42.2 Å². The summed E-state index contributed by atoms with van der Waals surface area (Å²) in [4.78, 5) is 0. The smallest absolute Gasteiger partial charge is 0.123 e. The molecule has 1 aliphatic carbocycles. The van der Waals surface area contributed by atoms with Gasteiger partial charge in [0.2, 0.25) is 0 Å². The highest BCUT2D eigenvalue weighted by Gasteiger charge is 2.40. The van der Waals surface area contributed by atoms with Crippen molar-refractivity contribution in [2.24, 2.45) is 0 Å². The Morgan fingerprint density at radius 3 is 2.59 bits per heavy atom. The fraction of sp³-hybridized carbons (Fsp3) is 0.368. The molecule has 0 aromatic heterocycles. The van der Waals surface area contributed by atoms with E-state index in [4.69, 9.17) is 4.74 Å². The fourth-order valence-corrected chi connectivity index (χ4v) is 3.64. The summed E-state index contributed by atoms with van der Waals surface area (Å²) in [5.41, 5.74) is 4.38. The lowest BCUT2D eigenvalue weighted by molar-refractivity contribution is 0.244. The summed E-state index contributed by atoms with van der Waals surface area (Å²) >= 11 is 0. The fourth-order valence-electron chi connectivity index (χ4n) is 3.64. The molecule has 0 amide bonds. The predicted molar refractivity (Wildman–Crippen MR) is 87.0 cm³/mol. The summed E-state index contributed by atoms with van der Waals surface area (Å²) < 4.78 is 5.89. The highest BCUT2D eigenvalue weighted by molar-refractivity contribution is 5.56. The molecule has 0 spiro atoms. The van der Waals surface area contributed by atoms with E-state index in [-0.39, 0.29) is 17.4 Å². The van der Waals surface area contributed by atoms with Crippen LogP contribution in [0.1, 0.15) is 47.9 Å². The van der Waals surface area contributed by atoms with Gasteiger partial charge in [0, 0.05) is 23.5 Å². The SMILES string of the molecule is CC.Cc1ccc2c(c1)OC[C@@H]1c3c(O)cc(O)cc3C[C@H]21. The molecule has 2 aromatic carbocycles. The average molecular weight is 298 g/mol. The first kappa shape index (κ1) is 14.8. The summed E-state index contributed by atoms with van der Waals surface area (Å²) in [5.74, 6) is 1.79. The number of hydrogen-bond acceptors (Lipinski definition) is 3. The maximum Gasteiger partial charge on any atom is 0.123 e. The molecular weight excluding hydrogens is 276 g/mol. The highest BCUT2D eigenvalue weighted by atomic mass is 16.5. The largest absolute Gasteiger partial charge is 0.508 e. The van der Waals surface area contributed by atoms with E-state index in [9.17, 15) is 10.2 Å². The topological polar surface area (TPSA) is 49.7 Å². The molecule has 0 radical (unpaired) electrons. The normalized spacial score (nSPS) is 20.9. The number of phenols is 2. The number of aromatic hydroxyl groups is 2. The monoisotopic (exact) mass is 298 g/mol. The summed E-state index contributed by atoms with van der Waals surface area (Å²) in [6, 6.07) is 9.49. The third-order valence-electron chi connectivity index (χ3n) is 4.51. The lowest BCUT2D eigenvalue weighted by Crippen LogP contribution is -2.21. The molecule has 1 aliphatic heterocycles. The van der Waals surface area contributed by atoms with Gasteiger partial charge in [0.15, 0.2) is 0 Å². The van der Waals surface area contributed by atoms with Crippen molar-refractivity contribution in [1.82, 2.24) is 0 Å². The third kappa shape index (κ3) is 2.21. The number of fused-ring (bicyclic) bond motifs is 5. The Morgan fingerprint density at radius 2 is 1.82 bits per heavy atom. The second kappa shape index (κ2) is 5.56. The number of hydrogen-bond donors (Lipinski definition) is 2. The van der Waals surface area contributed by atoms with Crippen molar-refractivity contribution in [1.29, 1.82) is 0 Å². The number of rotatable bonds is 0. The van der Waals surface area contributed by atoms with Crippen molar-refractivity contribution in [3.63, 3.8) is 0 Å². The van der Waals surface area contributed by atoms with Gasteiger partial charge in [-0.25, -0.2) is 0 Å². The van der Waals surface area contributed by atoms with E-state index in [0.717, 1.165) is 23.3 Å². The number of ether oxygens (including phenoxy) is 1. The van der Waals surface area contributed by atoms with Crippen LogP contribution in [0, 0.1) is 6.92 Å². The van der Waals surface area contributed by atoms with Gasteiger partial charge >= 0.3 is 0 Å². The Labute approximate surface area is 131 Å². The Kier molecular flexibility index (Phi) is 3.73. The Hall–Kier alpha value is -2.16. The molecule has 1 heterocycles. The molecule has 3 nitrogen and oxygen atoms in total. The molecule has 22 heavy (non-hydrogen) atoms. The summed E-state index contributed by atoms with van der Waals surface area (Å²) in [7, 11) is 0. The van der Waals surface area contributed by atoms with Crippen LogP contribution < -0.4 is 4.74 Å². The lowest BCUT2D eigenvalue weighted by atomic mass is 9.84. The molecule has 0 saturated carbocycles. The van der Waals surface area contributed by atoms with E-state index in [0.29, 0.717) is 12.5 Å². The standard InChI is InChI=1S/C17H16O3.C2H6/c1-9-2-3-12-13-6-10-5-11(18)7-15(19)17(10)14(13)8-20-16(12)4-9;1-2/h2-5,7,13-14,18-19H,6,8H2,1H3;1-2H3/t13-,14+;/m1./s1. The van der Waals surface area contributed by atoms with Gasteiger partial charge in [-0.2, -0.15) is 0 Å². The molecule has 4 rings (SSSR count). The van der Waals surface area contributed by atoms with Crippen LogP contribution in [-0.4, -0.2) is 16.8 Å². The van der Waals surface area contributed by atoms with E-state index >= 15 is 0 Å². The second-order valence-electron chi connectivity index (χ2n) is 5.81. The van der Waals surface area contributed by atoms with E-state index < -0.39 is 0 Å². The van der Waals surface area contributed by atoms with E-state index in [1.54, 1.807) is 6.07 Å². The van der Waals surface area contributed by atoms with Crippen LogP contribution in [0.5, 0.6) is 17.2 Å². The molecule has 3 heteroatoms. The van der Waals surface area contributed by atoms with Crippen molar-refractivity contribution in [2.45, 2.75) is 39.0 Å². The predicted octanol–water partition coefficient (Wildman–Crippen LogP) is 4.25.